The molecule has 0 saturated carbocycles. The minimum absolute atomic E-state index is 0.731. The second-order valence-corrected chi connectivity index (χ2v) is 5.00. The maximum absolute atomic E-state index is 6.14. The van der Waals surface area contributed by atoms with Gasteiger partial charge in [-0.1, -0.05) is 23.7 Å². The zero-order valence-corrected chi connectivity index (χ0v) is 12.7. The molecule has 3 nitrogen and oxygen atoms in total. The smallest absolute Gasteiger partial charge is 0.120 e. The van der Waals surface area contributed by atoms with E-state index < -0.39 is 0 Å². The highest BCUT2D eigenvalue weighted by atomic mass is 35.5. The van der Waals surface area contributed by atoms with Gasteiger partial charge < -0.3 is 15.0 Å². The maximum Gasteiger partial charge on any atom is 0.120 e. The third kappa shape index (κ3) is 3.24. The molecule has 0 aliphatic heterocycles. The first-order valence-electron chi connectivity index (χ1n) is 6.46. The number of hydrogen-bond acceptors (Lipinski definition) is 3. The normalized spacial score (nSPS) is 10.4. The number of hydrogen-bond donors (Lipinski definition) is 1. The SMILES string of the molecule is CNCc1ccc(Cl)cc1N(C)c1cccc(OC)c1. The van der Waals surface area contributed by atoms with Gasteiger partial charge in [0.05, 0.1) is 7.11 Å². The molecule has 0 spiro atoms. The Morgan fingerprint density at radius 1 is 1.20 bits per heavy atom. The topological polar surface area (TPSA) is 24.5 Å². The van der Waals surface area contributed by atoms with Gasteiger partial charge in [-0.25, -0.2) is 0 Å². The number of methoxy groups -OCH3 is 1. The van der Waals surface area contributed by atoms with Crippen molar-refractivity contribution in [3.63, 3.8) is 0 Å². The molecule has 0 aliphatic rings. The molecule has 0 bridgehead atoms. The minimum atomic E-state index is 0.731. The van der Waals surface area contributed by atoms with Crippen LogP contribution in [0.4, 0.5) is 11.4 Å². The summed E-state index contributed by atoms with van der Waals surface area (Å²) in [5.74, 6) is 0.839. The highest BCUT2D eigenvalue weighted by Crippen LogP contribution is 2.31. The molecule has 0 atom stereocenters. The molecule has 4 heteroatoms. The monoisotopic (exact) mass is 290 g/mol. The molecular weight excluding hydrogens is 272 g/mol. The number of rotatable bonds is 5. The van der Waals surface area contributed by atoms with E-state index in [1.54, 1.807) is 7.11 Å². The van der Waals surface area contributed by atoms with Crippen molar-refractivity contribution in [2.75, 3.05) is 26.1 Å². The largest absolute Gasteiger partial charge is 0.497 e. The lowest BCUT2D eigenvalue weighted by Gasteiger charge is -2.23. The Morgan fingerprint density at radius 3 is 2.70 bits per heavy atom. The van der Waals surface area contributed by atoms with Crippen molar-refractivity contribution in [2.24, 2.45) is 0 Å². The van der Waals surface area contributed by atoms with Crippen molar-refractivity contribution >= 4 is 23.0 Å². The number of halogens is 1. The quantitative estimate of drug-likeness (QED) is 0.905. The van der Waals surface area contributed by atoms with Crippen LogP contribution < -0.4 is 15.0 Å². The first-order valence-corrected chi connectivity index (χ1v) is 6.84. The summed E-state index contributed by atoms with van der Waals surface area (Å²) < 4.78 is 5.28. The van der Waals surface area contributed by atoms with Crippen LogP contribution in [0.1, 0.15) is 5.56 Å². The number of nitrogens with one attached hydrogen (secondary N) is 1. The predicted octanol–water partition coefficient (Wildman–Crippen LogP) is 3.84. The average Bonchev–Trinajstić information content (AvgIpc) is 2.48. The lowest BCUT2D eigenvalue weighted by atomic mass is 10.1. The summed E-state index contributed by atoms with van der Waals surface area (Å²) in [5.41, 5.74) is 3.34. The van der Waals surface area contributed by atoms with Crippen LogP contribution in [0.5, 0.6) is 5.75 Å². The Hall–Kier alpha value is -1.71. The van der Waals surface area contributed by atoms with E-state index in [1.807, 2.05) is 56.6 Å². The molecule has 1 N–H and O–H groups in total. The van der Waals surface area contributed by atoms with E-state index in [9.17, 15) is 0 Å². The summed E-state index contributed by atoms with van der Waals surface area (Å²) in [4.78, 5) is 2.11. The fourth-order valence-electron chi connectivity index (χ4n) is 2.15. The van der Waals surface area contributed by atoms with Gasteiger partial charge in [-0.15, -0.1) is 0 Å². The fraction of sp³-hybridized carbons (Fsp3) is 0.250. The summed E-state index contributed by atoms with van der Waals surface area (Å²) >= 11 is 6.14. The molecule has 0 radical (unpaired) electrons. The molecular formula is C16H19ClN2O. The summed E-state index contributed by atoms with van der Waals surface area (Å²) in [7, 11) is 5.63. The highest BCUT2D eigenvalue weighted by Gasteiger charge is 2.10. The zero-order chi connectivity index (χ0) is 14.5. The van der Waals surface area contributed by atoms with Gasteiger partial charge in [0, 0.05) is 36.1 Å². The van der Waals surface area contributed by atoms with Crippen LogP contribution in [0.3, 0.4) is 0 Å². The van der Waals surface area contributed by atoms with Gasteiger partial charge in [0.25, 0.3) is 0 Å². The third-order valence-corrected chi connectivity index (χ3v) is 3.45. The molecule has 20 heavy (non-hydrogen) atoms. The van der Waals surface area contributed by atoms with Gasteiger partial charge in [-0.05, 0) is 36.9 Å². The average molecular weight is 291 g/mol. The van der Waals surface area contributed by atoms with Gasteiger partial charge in [0.1, 0.15) is 5.75 Å². The number of ether oxygens (including phenoxy) is 1. The molecule has 0 fully saturated rings. The summed E-state index contributed by atoms with van der Waals surface area (Å²) in [6, 6.07) is 13.9. The third-order valence-electron chi connectivity index (χ3n) is 3.22. The van der Waals surface area contributed by atoms with Gasteiger partial charge in [0.15, 0.2) is 0 Å². The molecule has 2 rings (SSSR count). The van der Waals surface area contributed by atoms with Crippen LogP contribution in [0.15, 0.2) is 42.5 Å². The fourth-order valence-corrected chi connectivity index (χ4v) is 2.31. The first-order chi connectivity index (χ1) is 9.65. The van der Waals surface area contributed by atoms with E-state index in [-0.39, 0.29) is 0 Å². The van der Waals surface area contributed by atoms with E-state index in [1.165, 1.54) is 5.56 Å². The molecule has 2 aromatic carbocycles. The van der Waals surface area contributed by atoms with E-state index >= 15 is 0 Å². The molecule has 2 aromatic rings. The van der Waals surface area contributed by atoms with Crippen LogP contribution in [-0.4, -0.2) is 21.2 Å². The Kier molecular flexibility index (Phi) is 4.88. The number of benzene rings is 2. The Morgan fingerprint density at radius 2 is 2.00 bits per heavy atom. The predicted molar refractivity (Wildman–Crippen MR) is 85.3 cm³/mol. The number of nitrogens with zero attached hydrogens (tertiary/aromatic N) is 1. The van der Waals surface area contributed by atoms with E-state index in [0.717, 1.165) is 28.7 Å². The molecule has 0 aromatic heterocycles. The van der Waals surface area contributed by atoms with Gasteiger partial charge >= 0.3 is 0 Å². The highest BCUT2D eigenvalue weighted by molar-refractivity contribution is 6.30. The Bertz CT molecular complexity index is 586. The van der Waals surface area contributed by atoms with Crippen molar-refractivity contribution in [1.82, 2.24) is 5.32 Å². The van der Waals surface area contributed by atoms with Crippen molar-refractivity contribution in [3.05, 3.63) is 53.1 Å². The van der Waals surface area contributed by atoms with E-state index in [2.05, 4.69) is 10.2 Å². The van der Waals surface area contributed by atoms with Crippen LogP contribution in [0, 0.1) is 0 Å². The molecule has 0 heterocycles. The van der Waals surface area contributed by atoms with E-state index in [4.69, 9.17) is 16.3 Å². The summed E-state index contributed by atoms with van der Waals surface area (Å²) in [5, 5.41) is 3.91. The van der Waals surface area contributed by atoms with Crippen molar-refractivity contribution in [1.29, 1.82) is 0 Å². The van der Waals surface area contributed by atoms with E-state index in [0.29, 0.717) is 0 Å². The standard InChI is InChI=1S/C16H19ClN2O/c1-18-11-12-7-8-13(17)9-16(12)19(2)14-5-4-6-15(10-14)20-3/h4-10,18H,11H2,1-3H3. The van der Waals surface area contributed by atoms with Crippen LogP contribution in [0.25, 0.3) is 0 Å². The van der Waals surface area contributed by atoms with Crippen molar-refractivity contribution in [3.8, 4) is 5.75 Å². The first kappa shape index (κ1) is 14.7. The molecule has 106 valence electrons. The molecule has 0 amide bonds. The zero-order valence-electron chi connectivity index (χ0n) is 12.0. The molecule has 0 aliphatic carbocycles. The van der Waals surface area contributed by atoms with Crippen molar-refractivity contribution in [2.45, 2.75) is 6.54 Å². The lowest BCUT2D eigenvalue weighted by Crippen LogP contribution is -2.15. The Balaban J connectivity index is 2.40. The minimum Gasteiger partial charge on any atom is -0.497 e. The molecule has 0 unspecified atom stereocenters. The van der Waals surface area contributed by atoms with Gasteiger partial charge in [-0.2, -0.15) is 0 Å². The van der Waals surface area contributed by atoms with Gasteiger partial charge in [-0.3, -0.25) is 0 Å². The Labute approximate surface area is 125 Å². The van der Waals surface area contributed by atoms with Crippen molar-refractivity contribution < 1.29 is 4.74 Å². The van der Waals surface area contributed by atoms with Crippen LogP contribution >= 0.6 is 11.6 Å². The second-order valence-electron chi connectivity index (χ2n) is 4.56. The van der Waals surface area contributed by atoms with Gasteiger partial charge in [0.2, 0.25) is 0 Å². The maximum atomic E-state index is 6.14. The number of anilines is 2. The lowest BCUT2D eigenvalue weighted by molar-refractivity contribution is 0.415. The van der Waals surface area contributed by atoms with Crippen LogP contribution in [0.2, 0.25) is 5.02 Å². The summed E-state index contributed by atoms with van der Waals surface area (Å²) in [6.07, 6.45) is 0. The second kappa shape index (κ2) is 6.64. The van der Waals surface area contributed by atoms with Crippen LogP contribution in [-0.2, 0) is 6.54 Å². The molecule has 0 saturated heterocycles. The summed E-state index contributed by atoms with van der Waals surface area (Å²) in [6.45, 7) is 0.792.